The maximum atomic E-state index is 10.0. The van der Waals surface area contributed by atoms with E-state index < -0.39 is 27.6 Å². The van der Waals surface area contributed by atoms with Crippen molar-refractivity contribution in [1.82, 2.24) is 0 Å². The molecule has 0 aliphatic rings. The van der Waals surface area contributed by atoms with Crippen molar-refractivity contribution in [3.8, 4) is 5.75 Å². The molecule has 0 atom stereocenters. The van der Waals surface area contributed by atoms with Gasteiger partial charge in [-0.05, 0) is 12.1 Å². The second-order valence-corrected chi connectivity index (χ2v) is 14.9. The van der Waals surface area contributed by atoms with Gasteiger partial charge in [-0.3, -0.25) is 10.1 Å². The van der Waals surface area contributed by atoms with Gasteiger partial charge in [-0.25, -0.2) is 0 Å². The summed E-state index contributed by atoms with van der Waals surface area (Å²) in [5.41, 5.74) is -0.0159. The Hall–Kier alpha value is -0.658. The van der Waals surface area contributed by atoms with E-state index in [-0.39, 0.29) is 11.4 Å². The van der Waals surface area contributed by atoms with Gasteiger partial charge in [0.2, 0.25) is 0 Å². The summed E-state index contributed by atoms with van der Waals surface area (Å²) in [5, 5.41) is 18.8. The van der Waals surface area contributed by atoms with E-state index in [9.17, 15) is 10.1 Å². The molecule has 0 fully saturated rings. The third kappa shape index (κ3) is 6.81. The van der Waals surface area contributed by atoms with Crippen LogP contribution in [0.4, 0.5) is 5.69 Å². The minimum absolute atomic E-state index is 0.0159. The molecule has 1 radical (unpaired) electrons. The second-order valence-electron chi connectivity index (χ2n) is 3.27. The van der Waals surface area contributed by atoms with Crippen LogP contribution in [0, 0.1) is 10.1 Å². The zero-order valence-electron chi connectivity index (χ0n) is 8.52. The summed E-state index contributed by atoms with van der Waals surface area (Å²) >= 11 is -0.657. The summed E-state index contributed by atoms with van der Waals surface area (Å²) in [6, 6.07) is 5.04. The normalized spacial score (nSPS) is 9.14. The molecule has 0 heterocycles. The Morgan fingerprint density at radius 2 is 1.57 bits per heavy atom. The van der Waals surface area contributed by atoms with Crippen LogP contribution in [0.1, 0.15) is 0 Å². The van der Waals surface area contributed by atoms with Crippen LogP contribution >= 0.6 is 0 Å². The van der Waals surface area contributed by atoms with Crippen molar-refractivity contribution in [2.24, 2.45) is 0 Å². The predicted octanol–water partition coefficient (Wildman–Crippen LogP) is 2.67. The molecule has 0 bridgehead atoms. The Bertz CT molecular complexity index is 282. The minimum atomic E-state index is -0.657. The van der Waals surface area contributed by atoms with Crippen LogP contribution in [-0.4, -0.2) is 32.7 Å². The van der Waals surface area contributed by atoms with E-state index in [0.29, 0.717) is 0 Å². The summed E-state index contributed by atoms with van der Waals surface area (Å²) in [5.74, 6) is 0.0330. The van der Waals surface area contributed by atoms with E-state index in [2.05, 4.69) is 13.4 Å². The Balaban J connectivity index is 0.000000364. The Labute approximate surface area is 91.8 Å². The van der Waals surface area contributed by atoms with Gasteiger partial charge >= 0.3 is 36.2 Å². The molecule has 0 saturated carbocycles. The third-order valence-electron chi connectivity index (χ3n) is 1.06. The van der Waals surface area contributed by atoms with Crippen molar-refractivity contribution < 1.29 is 10.0 Å². The number of non-ortho nitro benzene ring substituents is 1. The van der Waals surface area contributed by atoms with E-state index in [4.69, 9.17) is 5.11 Å². The maximum absolute atomic E-state index is 10.0. The fraction of sp³-hybridized carbons (Fsp3) is 0.333. The monoisotopic (exact) mass is 392 g/mol. The van der Waals surface area contributed by atoms with E-state index in [1.807, 2.05) is 0 Å². The first kappa shape index (κ1) is 13.3. The fourth-order valence-electron chi connectivity index (χ4n) is 0.574. The number of phenols is 1. The van der Waals surface area contributed by atoms with E-state index in [1.165, 1.54) is 24.3 Å². The van der Waals surface area contributed by atoms with Crippen LogP contribution in [0.3, 0.4) is 0 Å². The van der Waals surface area contributed by atoms with Crippen molar-refractivity contribution in [2.45, 2.75) is 13.4 Å². The van der Waals surface area contributed by atoms with Gasteiger partial charge in [-0.2, -0.15) is 0 Å². The molecule has 1 N–H and O–H groups in total. The standard InChI is InChI=1S/C6H5NO3.3CH3.Pb/c8-6-3-1-5(2-4-6)7(9)10;;;;/h1-4,8H;3*1H3;. The number of nitro benzene ring substituents is 1. The van der Waals surface area contributed by atoms with Gasteiger partial charge in [0.1, 0.15) is 5.75 Å². The quantitative estimate of drug-likeness (QED) is 0.455. The molecule has 5 heteroatoms. The van der Waals surface area contributed by atoms with Crippen LogP contribution in [0.2, 0.25) is 13.4 Å². The molecular formula is C9H14NO3Pb. The van der Waals surface area contributed by atoms with Crippen LogP contribution in [0.5, 0.6) is 5.75 Å². The summed E-state index contributed by atoms with van der Waals surface area (Å²) in [4.78, 5) is 9.52. The summed E-state index contributed by atoms with van der Waals surface area (Å²) in [6.45, 7) is 0. The van der Waals surface area contributed by atoms with Crippen molar-refractivity contribution >= 4 is 28.4 Å². The first-order valence-electron chi connectivity index (χ1n) is 4.13. The number of benzene rings is 1. The first-order valence-corrected chi connectivity index (χ1v) is 15.8. The van der Waals surface area contributed by atoms with Gasteiger partial charge in [-0.15, -0.1) is 0 Å². The van der Waals surface area contributed by atoms with Gasteiger partial charge in [0, 0.05) is 12.1 Å². The molecule has 1 aromatic carbocycles. The van der Waals surface area contributed by atoms with Gasteiger partial charge in [0.25, 0.3) is 5.69 Å². The SMILES string of the molecule is O=[N+]([O-])c1ccc(O)cc1.[CH3][Pb]([CH3])[CH3]. The van der Waals surface area contributed by atoms with Crippen molar-refractivity contribution in [3.05, 3.63) is 34.4 Å². The number of hydrogen-bond donors (Lipinski definition) is 1. The molecule has 1 aromatic rings. The number of hydrogen-bond acceptors (Lipinski definition) is 3. The zero-order valence-corrected chi connectivity index (χ0v) is 12.4. The number of aromatic hydroxyl groups is 1. The first-order chi connectivity index (χ1) is 6.43. The van der Waals surface area contributed by atoms with Gasteiger partial charge in [-0.1, -0.05) is 0 Å². The molecular weight excluding hydrogens is 377 g/mol. The average molecular weight is 391 g/mol. The molecule has 0 saturated heterocycles. The van der Waals surface area contributed by atoms with Crippen LogP contribution in [0.25, 0.3) is 0 Å². The van der Waals surface area contributed by atoms with Crippen LogP contribution in [0.15, 0.2) is 24.3 Å². The zero-order chi connectivity index (χ0) is 11.1. The number of rotatable bonds is 1. The Kier molecular flexibility index (Phi) is 6.43. The molecule has 4 nitrogen and oxygen atoms in total. The molecule has 0 aliphatic carbocycles. The topological polar surface area (TPSA) is 63.4 Å². The summed E-state index contributed by atoms with van der Waals surface area (Å²) < 4.78 is 7.14. The third-order valence-corrected chi connectivity index (χ3v) is 1.06. The van der Waals surface area contributed by atoms with Crippen molar-refractivity contribution in [1.29, 1.82) is 0 Å². The summed E-state index contributed by atoms with van der Waals surface area (Å²) in [6.07, 6.45) is 0. The van der Waals surface area contributed by atoms with E-state index >= 15 is 0 Å². The molecule has 0 aromatic heterocycles. The van der Waals surface area contributed by atoms with E-state index in [1.54, 1.807) is 0 Å². The van der Waals surface area contributed by atoms with Crippen molar-refractivity contribution in [2.75, 3.05) is 0 Å². The molecule has 77 valence electrons. The van der Waals surface area contributed by atoms with Gasteiger partial charge < -0.3 is 5.11 Å². The molecule has 0 amide bonds. The molecule has 0 unspecified atom stereocenters. The van der Waals surface area contributed by atoms with Gasteiger partial charge in [0.05, 0.1) is 4.92 Å². The Morgan fingerprint density at radius 3 is 1.86 bits per heavy atom. The Morgan fingerprint density at radius 1 is 1.21 bits per heavy atom. The summed E-state index contributed by atoms with van der Waals surface area (Å²) in [7, 11) is 0. The van der Waals surface area contributed by atoms with Crippen LogP contribution in [-0.2, 0) is 0 Å². The molecule has 0 spiro atoms. The number of nitrogens with zero attached hydrogens (tertiary/aromatic N) is 1. The van der Waals surface area contributed by atoms with Gasteiger partial charge in [0.15, 0.2) is 0 Å². The average Bonchev–Trinajstić information content (AvgIpc) is 2.03. The second kappa shape index (κ2) is 6.75. The number of phenolic OH excluding ortho intramolecular Hbond substituents is 1. The number of nitro groups is 1. The molecule has 1 rings (SSSR count). The predicted molar refractivity (Wildman–Crippen MR) is 58.1 cm³/mol. The van der Waals surface area contributed by atoms with Crippen LogP contribution < -0.4 is 0 Å². The molecule has 0 aliphatic heterocycles. The molecule has 14 heavy (non-hydrogen) atoms. The fourth-order valence-corrected chi connectivity index (χ4v) is 0.574. The van der Waals surface area contributed by atoms with Crippen molar-refractivity contribution in [3.63, 3.8) is 0 Å². The van der Waals surface area contributed by atoms with E-state index in [0.717, 1.165) is 0 Å².